The van der Waals surface area contributed by atoms with E-state index in [1.54, 1.807) is 48.5 Å². The minimum absolute atomic E-state index is 0.0770. The molecule has 0 amide bonds. The lowest BCUT2D eigenvalue weighted by atomic mass is 10.0. The van der Waals surface area contributed by atoms with Crippen LogP contribution in [-0.4, -0.2) is 52.4 Å². The lowest BCUT2D eigenvalue weighted by Gasteiger charge is -2.29. The summed E-state index contributed by atoms with van der Waals surface area (Å²) >= 11 is 3.46. The number of hydrogen-bond acceptors (Lipinski definition) is 8. The first-order chi connectivity index (χ1) is 17.5. The van der Waals surface area contributed by atoms with Crippen molar-refractivity contribution in [3.05, 3.63) is 91.2 Å². The van der Waals surface area contributed by atoms with Gasteiger partial charge in [0.1, 0.15) is 5.69 Å². The molecule has 1 fully saturated rings. The number of aromatic nitrogens is 2. The molecular weight excluding hydrogens is 530 g/mol. The van der Waals surface area contributed by atoms with Gasteiger partial charge in [0, 0.05) is 40.3 Å². The zero-order valence-electron chi connectivity index (χ0n) is 18.9. The van der Waals surface area contributed by atoms with E-state index in [0.29, 0.717) is 58.4 Å². The van der Waals surface area contributed by atoms with Crippen LogP contribution in [0.3, 0.4) is 0 Å². The summed E-state index contributed by atoms with van der Waals surface area (Å²) in [5, 5.41) is 29.7. The monoisotopic (exact) mass is 549 g/mol. The van der Waals surface area contributed by atoms with Gasteiger partial charge < -0.3 is 14.8 Å². The van der Waals surface area contributed by atoms with Crippen molar-refractivity contribution >= 4 is 44.3 Å². The Hall–Kier alpha value is -4.09. The number of halogens is 1. The minimum atomic E-state index is -0.518. The summed E-state index contributed by atoms with van der Waals surface area (Å²) in [6.45, 7) is 2.37. The van der Waals surface area contributed by atoms with Crippen LogP contribution in [0.1, 0.15) is 5.56 Å². The molecule has 10 nitrogen and oxygen atoms in total. The van der Waals surface area contributed by atoms with E-state index < -0.39 is 10.5 Å². The molecule has 0 atom stereocenters. The molecule has 5 rings (SSSR count). The number of ether oxygens (including phenoxy) is 1. The summed E-state index contributed by atoms with van der Waals surface area (Å²) in [5.74, 6) is 0. The SMILES string of the molecule is O=c1c2ccccc2c(-c2cc(Br)cc(/C=N/O)c2)nn1-c1cc(N2CCOCC2)ccc1[N+](=O)[O-]. The maximum absolute atomic E-state index is 13.6. The van der Waals surface area contributed by atoms with Gasteiger partial charge in [-0.25, -0.2) is 0 Å². The van der Waals surface area contributed by atoms with Crippen molar-refractivity contribution in [1.29, 1.82) is 0 Å². The number of nitro groups is 1. The zero-order chi connectivity index (χ0) is 25.2. The molecule has 4 aromatic rings. The largest absolute Gasteiger partial charge is 0.411 e. The molecule has 36 heavy (non-hydrogen) atoms. The number of hydrogen-bond donors (Lipinski definition) is 1. The summed E-state index contributed by atoms with van der Waals surface area (Å²) in [6.07, 6.45) is 1.28. The number of oxime groups is 1. The molecule has 11 heteroatoms. The van der Waals surface area contributed by atoms with Gasteiger partial charge in [0.15, 0.2) is 0 Å². The zero-order valence-corrected chi connectivity index (χ0v) is 20.5. The highest BCUT2D eigenvalue weighted by Gasteiger charge is 2.23. The van der Waals surface area contributed by atoms with Crippen molar-refractivity contribution in [1.82, 2.24) is 9.78 Å². The maximum Gasteiger partial charge on any atom is 0.295 e. The first-order valence-electron chi connectivity index (χ1n) is 11.1. The Bertz CT molecular complexity index is 1560. The second-order valence-corrected chi connectivity index (χ2v) is 9.07. The van der Waals surface area contributed by atoms with E-state index in [1.807, 2.05) is 6.07 Å². The van der Waals surface area contributed by atoms with E-state index in [-0.39, 0.29) is 11.4 Å². The Morgan fingerprint density at radius 3 is 2.56 bits per heavy atom. The standard InChI is InChI=1S/C25H20BrN5O5/c26-18-12-16(15-27-33)11-17(13-18)24-20-3-1-2-4-21(20)25(32)30(28-24)23-14-19(5-6-22(23)31(34)35)29-7-9-36-10-8-29/h1-6,11-15,33H,7-10H2/b27-15+. The van der Waals surface area contributed by atoms with Crippen LogP contribution >= 0.6 is 15.9 Å². The molecule has 0 aliphatic carbocycles. The van der Waals surface area contributed by atoms with Crippen molar-refractivity contribution in [2.75, 3.05) is 31.2 Å². The fourth-order valence-electron chi connectivity index (χ4n) is 4.31. The molecule has 1 aliphatic heterocycles. The van der Waals surface area contributed by atoms with Gasteiger partial charge in [-0.05, 0) is 42.0 Å². The first kappa shape index (κ1) is 23.6. The Morgan fingerprint density at radius 2 is 1.83 bits per heavy atom. The fraction of sp³-hybridized carbons (Fsp3) is 0.160. The predicted molar refractivity (Wildman–Crippen MR) is 140 cm³/mol. The molecule has 1 aromatic heterocycles. The van der Waals surface area contributed by atoms with Gasteiger partial charge in [0.25, 0.3) is 11.2 Å². The highest BCUT2D eigenvalue weighted by Crippen LogP contribution is 2.32. The second kappa shape index (κ2) is 9.88. The quantitative estimate of drug-likeness (QED) is 0.170. The topological polar surface area (TPSA) is 123 Å². The third kappa shape index (κ3) is 4.45. The molecule has 0 radical (unpaired) electrons. The lowest BCUT2D eigenvalue weighted by Crippen LogP contribution is -2.36. The normalized spacial score (nSPS) is 14.0. The van der Waals surface area contributed by atoms with Gasteiger partial charge in [-0.2, -0.15) is 9.78 Å². The minimum Gasteiger partial charge on any atom is -0.411 e. The lowest BCUT2D eigenvalue weighted by molar-refractivity contribution is -0.384. The average Bonchev–Trinajstić information content (AvgIpc) is 2.89. The third-order valence-corrected chi connectivity index (χ3v) is 6.42. The summed E-state index contributed by atoms with van der Waals surface area (Å²) in [7, 11) is 0. The summed E-state index contributed by atoms with van der Waals surface area (Å²) in [4.78, 5) is 27.1. The summed E-state index contributed by atoms with van der Waals surface area (Å²) < 4.78 is 7.23. The van der Waals surface area contributed by atoms with Crippen LogP contribution in [0.4, 0.5) is 11.4 Å². The molecule has 182 valence electrons. The van der Waals surface area contributed by atoms with Crippen molar-refractivity contribution in [2.45, 2.75) is 0 Å². The van der Waals surface area contributed by atoms with E-state index in [4.69, 9.17) is 9.94 Å². The van der Waals surface area contributed by atoms with Crippen LogP contribution in [0, 0.1) is 10.1 Å². The molecular formula is C25H20BrN5O5. The average molecular weight is 550 g/mol. The van der Waals surface area contributed by atoms with Crippen molar-refractivity contribution in [3.8, 4) is 16.9 Å². The Balaban J connectivity index is 1.79. The number of benzene rings is 3. The maximum atomic E-state index is 13.6. The van der Waals surface area contributed by atoms with Crippen molar-refractivity contribution in [2.24, 2.45) is 5.16 Å². The van der Waals surface area contributed by atoms with Crippen LogP contribution in [0.25, 0.3) is 27.7 Å². The number of nitro benzene ring substituents is 1. The molecule has 0 bridgehead atoms. The van der Waals surface area contributed by atoms with Gasteiger partial charge in [0.2, 0.25) is 0 Å². The van der Waals surface area contributed by atoms with E-state index in [0.717, 1.165) is 10.4 Å². The van der Waals surface area contributed by atoms with Crippen molar-refractivity contribution in [3.63, 3.8) is 0 Å². The third-order valence-electron chi connectivity index (χ3n) is 5.97. The molecule has 1 N–H and O–H groups in total. The molecule has 2 heterocycles. The number of morpholine rings is 1. The van der Waals surface area contributed by atoms with Gasteiger partial charge in [-0.3, -0.25) is 14.9 Å². The predicted octanol–water partition coefficient (Wildman–Crippen LogP) is 4.37. The summed E-state index contributed by atoms with van der Waals surface area (Å²) in [5.41, 5.74) is 1.81. The van der Waals surface area contributed by atoms with Crippen molar-refractivity contribution < 1.29 is 14.9 Å². The number of anilines is 1. The van der Waals surface area contributed by atoms with E-state index in [9.17, 15) is 14.9 Å². The van der Waals surface area contributed by atoms with Crippen LogP contribution < -0.4 is 10.5 Å². The number of rotatable bonds is 5. The van der Waals surface area contributed by atoms with Gasteiger partial charge >= 0.3 is 0 Å². The number of fused-ring (bicyclic) bond motifs is 1. The molecule has 1 saturated heterocycles. The molecule has 0 spiro atoms. The molecule has 0 saturated carbocycles. The highest BCUT2D eigenvalue weighted by atomic mass is 79.9. The van der Waals surface area contributed by atoms with Gasteiger partial charge in [-0.15, -0.1) is 0 Å². The molecule has 1 aliphatic rings. The fourth-order valence-corrected chi connectivity index (χ4v) is 4.82. The van der Waals surface area contributed by atoms with Crippen LogP contribution in [0.2, 0.25) is 0 Å². The van der Waals surface area contributed by atoms with E-state index in [2.05, 4.69) is 31.1 Å². The van der Waals surface area contributed by atoms with Crippen LogP contribution in [0.15, 0.2) is 75.1 Å². The van der Waals surface area contributed by atoms with Gasteiger partial charge in [0.05, 0.1) is 35.4 Å². The number of nitrogens with zero attached hydrogens (tertiary/aromatic N) is 5. The van der Waals surface area contributed by atoms with Gasteiger partial charge in [-0.1, -0.05) is 39.3 Å². The first-order valence-corrected chi connectivity index (χ1v) is 11.9. The molecule has 3 aromatic carbocycles. The van der Waals surface area contributed by atoms with Crippen LogP contribution in [-0.2, 0) is 4.74 Å². The second-order valence-electron chi connectivity index (χ2n) is 8.16. The Morgan fingerprint density at radius 1 is 1.08 bits per heavy atom. The molecule has 0 unspecified atom stereocenters. The summed E-state index contributed by atoms with van der Waals surface area (Å²) in [6, 6.07) is 17.0. The van der Waals surface area contributed by atoms with E-state index in [1.165, 1.54) is 12.3 Å². The van der Waals surface area contributed by atoms with E-state index >= 15 is 0 Å². The smallest absolute Gasteiger partial charge is 0.295 e. The van der Waals surface area contributed by atoms with Crippen LogP contribution in [0.5, 0.6) is 0 Å². The highest BCUT2D eigenvalue weighted by molar-refractivity contribution is 9.10. The Labute approximate surface area is 213 Å². The Kier molecular flexibility index (Phi) is 6.49.